The molecule has 2 aliphatic carbocycles. The molecule has 4 nitrogen and oxygen atoms in total. The number of allylic oxidation sites excluding steroid dienone is 10. The largest absolute Gasteiger partial charge is 0.485 e. The number of aromatic nitrogens is 3. The first-order valence-electron chi connectivity index (χ1n) is 15.7. The monoisotopic (exact) mass is 593 g/mol. The highest BCUT2D eigenvalue weighted by Crippen LogP contribution is 2.45. The second kappa shape index (κ2) is 11.6. The van der Waals surface area contributed by atoms with Crippen LogP contribution in [0.3, 0.4) is 0 Å². The van der Waals surface area contributed by atoms with Crippen LogP contribution in [0.5, 0.6) is 5.75 Å². The first kappa shape index (κ1) is 27.7. The Kier molecular flexibility index (Phi) is 7.00. The van der Waals surface area contributed by atoms with Crippen LogP contribution in [0.4, 0.5) is 0 Å². The van der Waals surface area contributed by atoms with Gasteiger partial charge in [-0.3, -0.25) is 0 Å². The fourth-order valence-corrected chi connectivity index (χ4v) is 6.52. The van der Waals surface area contributed by atoms with Gasteiger partial charge < -0.3 is 4.74 Å². The normalized spacial score (nSPS) is 20.3. The van der Waals surface area contributed by atoms with Crippen molar-refractivity contribution in [1.29, 1.82) is 0 Å². The predicted octanol–water partition coefficient (Wildman–Crippen LogP) is 9.40. The first-order chi connectivity index (χ1) is 22.6. The fraction of sp³-hybridized carbons (Fsp3) is 0.119. The Morgan fingerprint density at radius 2 is 1.61 bits per heavy atom. The maximum absolute atomic E-state index is 6.48. The molecule has 5 aromatic rings. The van der Waals surface area contributed by atoms with Gasteiger partial charge in [-0.2, -0.15) is 0 Å². The molecule has 0 fully saturated rings. The summed E-state index contributed by atoms with van der Waals surface area (Å²) in [6.45, 7) is 2.00. The van der Waals surface area contributed by atoms with Gasteiger partial charge >= 0.3 is 0 Å². The van der Waals surface area contributed by atoms with Crippen molar-refractivity contribution in [3.8, 4) is 18.1 Å². The summed E-state index contributed by atoms with van der Waals surface area (Å²) >= 11 is 0. The highest BCUT2D eigenvalue weighted by molar-refractivity contribution is 5.88. The van der Waals surface area contributed by atoms with E-state index in [4.69, 9.17) is 26.1 Å². The van der Waals surface area contributed by atoms with Crippen LogP contribution in [0.2, 0.25) is 0 Å². The van der Waals surface area contributed by atoms with Crippen LogP contribution < -0.4 is 4.74 Å². The van der Waals surface area contributed by atoms with Gasteiger partial charge in [0.05, 0.1) is 0 Å². The number of rotatable bonds is 5. The average molecular weight is 594 g/mol. The Balaban J connectivity index is 1.11. The summed E-state index contributed by atoms with van der Waals surface area (Å²) in [5.74, 6) is 5.69. The van der Waals surface area contributed by atoms with Gasteiger partial charge in [-0.15, -0.1) is 6.42 Å². The highest BCUT2D eigenvalue weighted by atomic mass is 16.5. The number of ether oxygens (including phenoxy) is 1. The van der Waals surface area contributed by atoms with Crippen LogP contribution >= 0.6 is 0 Å². The van der Waals surface area contributed by atoms with E-state index in [1.807, 2.05) is 19.1 Å². The third-order valence-electron chi connectivity index (χ3n) is 9.00. The van der Waals surface area contributed by atoms with Crippen molar-refractivity contribution in [3.05, 3.63) is 162 Å². The van der Waals surface area contributed by atoms with E-state index in [1.165, 1.54) is 38.2 Å². The molecule has 4 aromatic carbocycles. The highest BCUT2D eigenvalue weighted by Gasteiger charge is 2.34. The molecule has 0 spiro atoms. The summed E-state index contributed by atoms with van der Waals surface area (Å²) in [5, 5.41) is 4.88. The molecular formula is C42H31N3O. The molecule has 2 heterocycles. The molecule has 1 aliphatic heterocycles. The Morgan fingerprint density at radius 3 is 2.39 bits per heavy atom. The van der Waals surface area contributed by atoms with Crippen LogP contribution in [0.15, 0.2) is 134 Å². The lowest BCUT2D eigenvalue weighted by molar-refractivity contribution is 0.270. The van der Waals surface area contributed by atoms with E-state index < -0.39 is 0 Å². The van der Waals surface area contributed by atoms with Crippen LogP contribution in [-0.4, -0.2) is 21.1 Å². The van der Waals surface area contributed by atoms with Crippen LogP contribution in [0, 0.1) is 12.3 Å². The minimum absolute atomic E-state index is 0.0269. The molecule has 0 saturated carbocycles. The zero-order chi connectivity index (χ0) is 31.0. The third kappa shape index (κ3) is 5.16. The van der Waals surface area contributed by atoms with Crippen molar-refractivity contribution in [2.75, 3.05) is 0 Å². The lowest BCUT2D eigenvalue weighted by Gasteiger charge is -2.20. The fourth-order valence-electron chi connectivity index (χ4n) is 6.52. The Labute approximate surface area is 268 Å². The van der Waals surface area contributed by atoms with Gasteiger partial charge in [-0.25, -0.2) is 15.0 Å². The molecule has 0 bridgehead atoms. The molecule has 0 amide bonds. The Morgan fingerprint density at radius 1 is 0.848 bits per heavy atom. The molecule has 0 radical (unpaired) electrons. The average Bonchev–Trinajstić information content (AvgIpc) is 3.46. The zero-order valence-corrected chi connectivity index (χ0v) is 25.5. The predicted molar refractivity (Wildman–Crippen MR) is 188 cm³/mol. The molecule has 3 unspecified atom stereocenters. The number of fused-ring (bicyclic) bond motifs is 5. The van der Waals surface area contributed by atoms with E-state index in [1.54, 1.807) is 6.08 Å². The number of hydrogen-bond donors (Lipinski definition) is 0. The molecule has 0 N–H and O–H groups in total. The SMILES string of the molecule is C#C/C=C\C=C(/C)c1nc(C2=CC3Oc4cc5ccccc5cc4C3C=C2)nc(C2C=CC(c3ccc4ccccc4c3)=CC2)n1. The van der Waals surface area contributed by atoms with Gasteiger partial charge in [0.1, 0.15) is 17.7 Å². The summed E-state index contributed by atoms with van der Waals surface area (Å²) < 4.78 is 6.48. The van der Waals surface area contributed by atoms with Gasteiger partial charge in [0.15, 0.2) is 11.6 Å². The van der Waals surface area contributed by atoms with Crippen LogP contribution in [0.1, 0.15) is 53.8 Å². The summed E-state index contributed by atoms with van der Waals surface area (Å²) in [4.78, 5) is 15.0. The molecule has 4 heteroatoms. The standard InChI is InChI=1S/C42H31N3O/c1-3-4-5-10-27(2)40-43-41(30-18-15-29(16-19-30)34-20-17-28-11-6-7-12-31(28)23-34)45-42(44-40)35-21-22-36-37-24-32-13-8-9-14-33(32)25-39(37)46-38(36)26-35/h1,4-18,20-26,30,36,38H,19H2,2H3/b5-4-,27-10+. The quantitative estimate of drug-likeness (QED) is 0.150. The van der Waals surface area contributed by atoms with Crippen molar-refractivity contribution >= 4 is 38.3 Å². The van der Waals surface area contributed by atoms with Crippen molar-refractivity contribution in [1.82, 2.24) is 15.0 Å². The number of benzene rings is 4. The lowest BCUT2D eigenvalue weighted by Crippen LogP contribution is -2.18. The van der Waals surface area contributed by atoms with Crippen molar-refractivity contribution < 1.29 is 4.74 Å². The van der Waals surface area contributed by atoms with Crippen molar-refractivity contribution in [2.45, 2.75) is 31.3 Å². The molecule has 0 saturated heterocycles. The minimum atomic E-state index is -0.118. The topological polar surface area (TPSA) is 47.9 Å². The van der Waals surface area contributed by atoms with Gasteiger partial charge in [0, 0.05) is 23.0 Å². The molecular weight excluding hydrogens is 562 g/mol. The summed E-state index contributed by atoms with van der Waals surface area (Å²) in [5.41, 5.74) is 5.48. The summed E-state index contributed by atoms with van der Waals surface area (Å²) in [6.07, 6.45) is 24.8. The Hall–Kier alpha value is -5.79. The van der Waals surface area contributed by atoms with E-state index in [0.717, 1.165) is 29.1 Å². The van der Waals surface area contributed by atoms with E-state index in [9.17, 15) is 0 Å². The van der Waals surface area contributed by atoms with Crippen LogP contribution in [-0.2, 0) is 0 Å². The second-order valence-corrected chi connectivity index (χ2v) is 12.0. The van der Waals surface area contributed by atoms with Gasteiger partial charge in [0.2, 0.25) is 0 Å². The van der Waals surface area contributed by atoms with Crippen molar-refractivity contribution in [3.63, 3.8) is 0 Å². The third-order valence-corrected chi connectivity index (χ3v) is 9.00. The van der Waals surface area contributed by atoms with E-state index in [2.05, 4.69) is 121 Å². The molecule has 220 valence electrons. The van der Waals surface area contributed by atoms with Gasteiger partial charge in [-0.1, -0.05) is 109 Å². The van der Waals surface area contributed by atoms with Crippen molar-refractivity contribution in [2.24, 2.45) is 0 Å². The number of terminal acetylenes is 1. The van der Waals surface area contributed by atoms with Gasteiger partial charge in [-0.05, 0) is 82.0 Å². The van der Waals surface area contributed by atoms with Crippen LogP contribution in [0.25, 0.3) is 38.3 Å². The number of hydrogen-bond acceptors (Lipinski definition) is 4. The molecule has 8 rings (SSSR count). The molecule has 3 aliphatic rings. The maximum Gasteiger partial charge on any atom is 0.163 e. The zero-order valence-electron chi connectivity index (χ0n) is 25.5. The van der Waals surface area contributed by atoms with E-state index >= 15 is 0 Å². The van der Waals surface area contributed by atoms with Gasteiger partial charge in [0.25, 0.3) is 0 Å². The summed E-state index contributed by atoms with van der Waals surface area (Å²) in [7, 11) is 0. The molecule has 46 heavy (non-hydrogen) atoms. The minimum Gasteiger partial charge on any atom is -0.485 e. The maximum atomic E-state index is 6.48. The first-order valence-corrected chi connectivity index (χ1v) is 15.7. The molecule has 3 atom stereocenters. The van der Waals surface area contributed by atoms with E-state index in [0.29, 0.717) is 11.6 Å². The Bertz CT molecular complexity index is 2260. The second-order valence-electron chi connectivity index (χ2n) is 12.0. The number of nitrogens with zero attached hydrogens (tertiary/aromatic N) is 3. The molecule has 1 aromatic heterocycles. The lowest BCUT2D eigenvalue weighted by atomic mass is 9.88. The smallest absolute Gasteiger partial charge is 0.163 e. The van der Waals surface area contributed by atoms with E-state index in [-0.39, 0.29) is 17.9 Å². The summed E-state index contributed by atoms with van der Waals surface area (Å²) in [6, 6.07) is 27.9.